The summed E-state index contributed by atoms with van der Waals surface area (Å²) in [5, 5.41) is 4.09. The average Bonchev–Trinajstić information content (AvgIpc) is 2.45. The number of benzene rings is 1. The summed E-state index contributed by atoms with van der Waals surface area (Å²) < 4.78 is 0. The van der Waals surface area contributed by atoms with Crippen molar-refractivity contribution in [3.05, 3.63) is 41.2 Å². The highest BCUT2D eigenvalue weighted by Crippen LogP contribution is 2.27. The summed E-state index contributed by atoms with van der Waals surface area (Å²) in [5.74, 6) is 0.935. The number of aromatic nitrogens is 2. The standard InChI is InChI=1S/C15H18ClN3/c1-3-9-17-15-13(4-2)14(18-10-19-15)11-5-7-12(16)8-6-11/h5-8,10H,3-4,9H2,1-2H3,(H,17,18,19). The van der Waals surface area contributed by atoms with Crippen molar-refractivity contribution in [1.82, 2.24) is 9.97 Å². The van der Waals surface area contributed by atoms with E-state index in [9.17, 15) is 0 Å². The minimum Gasteiger partial charge on any atom is -0.370 e. The van der Waals surface area contributed by atoms with Crippen molar-refractivity contribution in [3.8, 4) is 11.3 Å². The molecule has 1 aromatic carbocycles. The zero-order valence-corrected chi connectivity index (χ0v) is 12.0. The van der Waals surface area contributed by atoms with Crippen LogP contribution in [0, 0.1) is 0 Å². The average molecular weight is 276 g/mol. The molecule has 1 N–H and O–H groups in total. The lowest BCUT2D eigenvalue weighted by Crippen LogP contribution is -2.07. The second-order valence-corrected chi connectivity index (χ2v) is 4.77. The van der Waals surface area contributed by atoms with Crippen LogP contribution >= 0.6 is 11.6 Å². The molecule has 1 heterocycles. The molecule has 100 valence electrons. The Morgan fingerprint density at radius 3 is 2.47 bits per heavy atom. The number of nitrogens with zero attached hydrogens (tertiary/aromatic N) is 2. The van der Waals surface area contributed by atoms with Crippen molar-refractivity contribution in [2.75, 3.05) is 11.9 Å². The molecule has 4 heteroatoms. The summed E-state index contributed by atoms with van der Waals surface area (Å²) in [5.41, 5.74) is 3.20. The van der Waals surface area contributed by atoms with E-state index in [0.29, 0.717) is 0 Å². The molecule has 0 radical (unpaired) electrons. The van der Waals surface area contributed by atoms with Gasteiger partial charge in [-0.3, -0.25) is 0 Å². The first kappa shape index (κ1) is 13.8. The van der Waals surface area contributed by atoms with Crippen LogP contribution < -0.4 is 5.32 Å². The number of nitrogens with one attached hydrogen (secondary N) is 1. The van der Waals surface area contributed by atoms with Crippen molar-refractivity contribution in [2.45, 2.75) is 26.7 Å². The quantitative estimate of drug-likeness (QED) is 0.889. The number of hydrogen-bond donors (Lipinski definition) is 1. The van der Waals surface area contributed by atoms with Gasteiger partial charge in [0.15, 0.2) is 0 Å². The van der Waals surface area contributed by atoms with Gasteiger partial charge >= 0.3 is 0 Å². The predicted octanol–water partition coefficient (Wildman–Crippen LogP) is 4.18. The number of halogens is 1. The summed E-state index contributed by atoms with van der Waals surface area (Å²) >= 11 is 5.93. The normalized spacial score (nSPS) is 10.5. The van der Waals surface area contributed by atoms with E-state index >= 15 is 0 Å². The first-order valence-corrected chi connectivity index (χ1v) is 6.97. The first-order chi connectivity index (χ1) is 9.26. The smallest absolute Gasteiger partial charge is 0.133 e. The second-order valence-electron chi connectivity index (χ2n) is 4.34. The van der Waals surface area contributed by atoms with Gasteiger partial charge in [-0.15, -0.1) is 0 Å². The molecule has 2 rings (SSSR count). The van der Waals surface area contributed by atoms with E-state index < -0.39 is 0 Å². The molecule has 19 heavy (non-hydrogen) atoms. The van der Waals surface area contributed by atoms with Crippen LogP contribution in [-0.4, -0.2) is 16.5 Å². The van der Waals surface area contributed by atoms with E-state index in [0.717, 1.165) is 47.0 Å². The summed E-state index contributed by atoms with van der Waals surface area (Å²) in [6.07, 6.45) is 3.58. The topological polar surface area (TPSA) is 37.8 Å². The molecule has 0 spiro atoms. The highest BCUT2D eigenvalue weighted by Gasteiger charge is 2.11. The Hall–Kier alpha value is -1.61. The maximum absolute atomic E-state index is 5.93. The van der Waals surface area contributed by atoms with Crippen molar-refractivity contribution >= 4 is 17.4 Å². The van der Waals surface area contributed by atoms with Crippen LogP contribution in [0.3, 0.4) is 0 Å². The van der Waals surface area contributed by atoms with E-state index in [1.807, 2.05) is 24.3 Å². The Balaban J connectivity index is 2.42. The van der Waals surface area contributed by atoms with Gasteiger partial charge in [0.05, 0.1) is 5.69 Å². The predicted molar refractivity (Wildman–Crippen MR) is 80.6 cm³/mol. The summed E-state index contributed by atoms with van der Waals surface area (Å²) in [7, 11) is 0. The lowest BCUT2D eigenvalue weighted by atomic mass is 10.0. The molecule has 2 aromatic rings. The summed E-state index contributed by atoms with van der Waals surface area (Å²) in [6.45, 7) is 5.18. The van der Waals surface area contributed by atoms with Crippen molar-refractivity contribution < 1.29 is 0 Å². The highest BCUT2D eigenvalue weighted by molar-refractivity contribution is 6.30. The zero-order valence-electron chi connectivity index (χ0n) is 11.3. The molecule has 3 nitrogen and oxygen atoms in total. The third-order valence-electron chi connectivity index (χ3n) is 2.96. The van der Waals surface area contributed by atoms with Crippen LogP contribution in [0.15, 0.2) is 30.6 Å². The van der Waals surface area contributed by atoms with Crippen LogP contribution in [0.5, 0.6) is 0 Å². The van der Waals surface area contributed by atoms with Crippen molar-refractivity contribution in [1.29, 1.82) is 0 Å². The van der Waals surface area contributed by atoms with Crippen LogP contribution in [0.2, 0.25) is 5.02 Å². The van der Waals surface area contributed by atoms with Gasteiger partial charge in [0, 0.05) is 22.7 Å². The molecular weight excluding hydrogens is 258 g/mol. The monoisotopic (exact) mass is 275 g/mol. The van der Waals surface area contributed by atoms with E-state index in [1.54, 1.807) is 6.33 Å². The van der Waals surface area contributed by atoms with Gasteiger partial charge in [0.2, 0.25) is 0 Å². The number of anilines is 1. The molecule has 1 aromatic heterocycles. The molecule has 0 atom stereocenters. The molecule has 0 saturated heterocycles. The van der Waals surface area contributed by atoms with Gasteiger partial charge in [-0.2, -0.15) is 0 Å². The van der Waals surface area contributed by atoms with Crippen LogP contribution in [0.4, 0.5) is 5.82 Å². The zero-order chi connectivity index (χ0) is 13.7. The Morgan fingerprint density at radius 1 is 1.11 bits per heavy atom. The Morgan fingerprint density at radius 2 is 1.84 bits per heavy atom. The fraction of sp³-hybridized carbons (Fsp3) is 0.333. The summed E-state index contributed by atoms with van der Waals surface area (Å²) in [4.78, 5) is 8.77. The number of hydrogen-bond acceptors (Lipinski definition) is 3. The fourth-order valence-corrected chi connectivity index (χ4v) is 2.13. The van der Waals surface area contributed by atoms with Crippen LogP contribution in [0.1, 0.15) is 25.8 Å². The lowest BCUT2D eigenvalue weighted by molar-refractivity contribution is 0.949. The first-order valence-electron chi connectivity index (χ1n) is 6.60. The maximum atomic E-state index is 5.93. The van der Waals surface area contributed by atoms with Gasteiger partial charge < -0.3 is 5.32 Å². The molecule has 0 unspecified atom stereocenters. The summed E-state index contributed by atoms with van der Waals surface area (Å²) in [6, 6.07) is 7.76. The molecule has 0 aliphatic rings. The van der Waals surface area contributed by atoms with E-state index in [2.05, 4.69) is 29.1 Å². The van der Waals surface area contributed by atoms with Gasteiger partial charge in [-0.05, 0) is 25.0 Å². The maximum Gasteiger partial charge on any atom is 0.133 e. The lowest BCUT2D eigenvalue weighted by Gasteiger charge is -2.13. The molecule has 0 aliphatic carbocycles. The minimum atomic E-state index is 0.736. The SMILES string of the molecule is CCCNc1ncnc(-c2ccc(Cl)cc2)c1CC. The Kier molecular flexibility index (Phi) is 4.74. The van der Waals surface area contributed by atoms with Gasteiger partial charge in [0.1, 0.15) is 12.1 Å². The molecule has 0 bridgehead atoms. The van der Waals surface area contributed by atoms with E-state index in [-0.39, 0.29) is 0 Å². The van der Waals surface area contributed by atoms with Crippen LogP contribution in [0.25, 0.3) is 11.3 Å². The molecule has 0 saturated carbocycles. The highest BCUT2D eigenvalue weighted by atomic mass is 35.5. The van der Waals surface area contributed by atoms with Crippen molar-refractivity contribution in [3.63, 3.8) is 0 Å². The second kappa shape index (κ2) is 6.53. The minimum absolute atomic E-state index is 0.736. The molecule has 0 aliphatic heterocycles. The van der Waals surface area contributed by atoms with Gasteiger partial charge in [-0.1, -0.05) is 37.6 Å². The van der Waals surface area contributed by atoms with E-state index in [4.69, 9.17) is 11.6 Å². The third-order valence-corrected chi connectivity index (χ3v) is 3.21. The Labute approximate surface area is 119 Å². The molecule has 0 amide bonds. The molecular formula is C15H18ClN3. The Bertz CT molecular complexity index is 538. The third kappa shape index (κ3) is 3.24. The van der Waals surface area contributed by atoms with Gasteiger partial charge in [-0.25, -0.2) is 9.97 Å². The van der Waals surface area contributed by atoms with Gasteiger partial charge in [0.25, 0.3) is 0 Å². The molecule has 0 fully saturated rings. The fourth-order valence-electron chi connectivity index (χ4n) is 2.00. The van der Waals surface area contributed by atoms with Crippen molar-refractivity contribution in [2.24, 2.45) is 0 Å². The van der Waals surface area contributed by atoms with E-state index in [1.165, 1.54) is 0 Å². The van der Waals surface area contributed by atoms with Crippen LogP contribution in [-0.2, 0) is 6.42 Å². The number of rotatable bonds is 5. The largest absolute Gasteiger partial charge is 0.370 e.